The summed E-state index contributed by atoms with van der Waals surface area (Å²) in [4.78, 5) is 0. The van der Waals surface area contributed by atoms with Crippen LogP contribution in [0.1, 0.15) is 87.8 Å². The van der Waals surface area contributed by atoms with Gasteiger partial charge in [-0.1, -0.05) is 76.8 Å². The van der Waals surface area contributed by atoms with Crippen molar-refractivity contribution >= 4 is 11.8 Å². The number of hydrogen-bond donors (Lipinski definition) is 1. The highest BCUT2D eigenvalue weighted by Crippen LogP contribution is 2.25. The van der Waals surface area contributed by atoms with Crippen LogP contribution in [-0.2, 0) is 5.75 Å². The minimum Gasteiger partial charge on any atom is -0.507 e. The second-order valence-electron chi connectivity index (χ2n) is 6.81. The number of thioether (sulfide) groups is 1. The van der Waals surface area contributed by atoms with E-state index in [1.54, 1.807) is 0 Å². The minimum absolute atomic E-state index is 0.452. The van der Waals surface area contributed by atoms with E-state index in [4.69, 9.17) is 0 Å². The summed E-state index contributed by atoms with van der Waals surface area (Å²) in [6.45, 7) is 6.25. The van der Waals surface area contributed by atoms with E-state index in [1.165, 1.54) is 75.5 Å². The van der Waals surface area contributed by atoms with Crippen molar-refractivity contribution < 1.29 is 5.11 Å². The number of aryl methyl sites for hydroxylation is 2. The van der Waals surface area contributed by atoms with Gasteiger partial charge in [-0.2, -0.15) is 11.8 Å². The van der Waals surface area contributed by atoms with Crippen LogP contribution < -0.4 is 0 Å². The molecule has 0 aliphatic carbocycles. The SMILES string of the molecule is CCCCCCCCCCCCSCc1cc(C)c(O)c(C)c1. The molecule has 1 rings (SSSR count). The van der Waals surface area contributed by atoms with E-state index in [0.29, 0.717) is 5.75 Å². The summed E-state index contributed by atoms with van der Waals surface area (Å²) in [7, 11) is 0. The first-order valence-electron chi connectivity index (χ1n) is 9.52. The topological polar surface area (TPSA) is 20.2 Å². The number of rotatable bonds is 13. The van der Waals surface area contributed by atoms with Crippen LogP contribution in [0.5, 0.6) is 5.75 Å². The summed E-state index contributed by atoms with van der Waals surface area (Å²) >= 11 is 2.03. The molecule has 2 heteroatoms. The predicted molar refractivity (Wildman–Crippen MR) is 106 cm³/mol. The number of phenolic OH excluding ortho intramolecular Hbond substituents is 1. The summed E-state index contributed by atoms with van der Waals surface area (Å²) < 4.78 is 0. The standard InChI is InChI=1S/C21H36OS/c1-4-5-6-7-8-9-10-11-12-13-14-23-17-20-15-18(2)21(22)19(3)16-20/h15-16,22H,4-14,17H2,1-3H3. The van der Waals surface area contributed by atoms with Crippen LogP contribution in [0.25, 0.3) is 0 Å². The largest absolute Gasteiger partial charge is 0.507 e. The Morgan fingerprint density at radius 3 is 1.78 bits per heavy atom. The second kappa shape index (κ2) is 12.8. The predicted octanol–water partition coefficient (Wildman–Crippen LogP) is 7.16. The summed E-state index contributed by atoms with van der Waals surface area (Å²) in [5.74, 6) is 2.78. The third kappa shape index (κ3) is 9.30. The van der Waals surface area contributed by atoms with E-state index < -0.39 is 0 Å². The molecule has 0 spiro atoms. The molecule has 1 nitrogen and oxygen atoms in total. The first-order valence-corrected chi connectivity index (χ1v) is 10.7. The summed E-state index contributed by atoms with van der Waals surface area (Å²) in [5, 5.41) is 9.80. The molecule has 1 aromatic carbocycles. The molecule has 0 amide bonds. The van der Waals surface area contributed by atoms with Gasteiger partial charge in [0.05, 0.1) is 0 Å². The minimum atomic E-state index is 0.452. The zero-order valence-corrected chi connectivity index (χ0v) is 16.3. The maximum absolute atomic E-state index is 9.80. The lowest BCUT2D eigenvalue weighted by Gasteiger charge is -2.08. The molecule has 1 N–H and O–H groups in total. The van der Waals surface area contributed by atoms with Gasteiger partial charge in [-0.3, -0.25) is 0 Å². The Hall–Kier alpha value is -0.630. The smallest absolute Gasteiger partial charge is 0.121 e. The third-order valence-corrected chi connectivity index (χ3v) is 5.58. The van der Waals surface area contributed by atoms with E-state index in [2.05, 4.69) is 19.1 Å². The van der Waals surface area contributed by atoms with Crippen molar-refractivity contribution in [2.24, 2.45) is 0 Å². The van der Waals surface area contributed by atoms with Crippen LogP contribution in [0.2, 0.25) is 0 Å². The Morgan fingerprint density at radius 2 is 1.26 bits per heavy atom. The van der Waals surface area contributed by atoms with Gasteiger partial charge < -0.3 is 5.11 Å². The van der Waals surface area contributed by atoms with E-state index in [1.807, 2.05) is 25.6 Å². The van der Waals surface area contributed by atoms with Crippen molar-refractivity contribution in [1.82, 2.24) is 0 Å². The molecule has 0 aromatic heterocycles. The number of unbranched alkanes of at least 4 members (excludes halogenated alkanes) is 9. The molecule has 0 saturated heterocycles. The Morgan fingerprint density at radius 1 is 0.783 bits per heavy atom. The quantitative estimate of drug-likeness (QED) is 0.385. The number of aromatic hydroxyl groups is 1. The van der Waals surface area contributed by atoms with Crippen LogP contribution in [0.4, 0.5) is 0 Å². The van der Waals surface area contributed by atoms with Crippen LogP contribution >= 0.6 is 11.8 Å². The summed E-state index contributed by atoms with van der Waals surface area (Å²) in [6.07, 6.45) is 14.1. The van der Waals surface area contributed by atoms with Crippen molar-refractivity contribution in [2.45, 2.75) is 90.7 Å². The monoisotopic (exact) mass is 336 g/mol. The van der Waals surface area contributed by atoms with Gasteiger partial charge in [0, 0.05) is 5.75 Å². The lowest BCUT2D eigenvalue weighted by atomic mass is 10.1. The summed E-state index contributed by atoms with van der Waals surface area (Å²) in [6, 6.07) is 4.24. The molecule has 0 heterocycles. The molecule has 0 unspecified atom stereocenters. The normalized spacial score (nSPS) is 11.1. The molecule has 132 valence electrons. The maximum atomic E-state index is 9.80. The third-order valence-electron chi connectivity index (χ3n) is 4.46. The first-order chi connectivity index (χ1) is 11.1. The molecule has 0 saturated carbocycles. The number of benzene rings is 1. The second-order valence-corrected chi connectivity index (χ2v) is 7.92. The Bertz CT molecular complexity index is 405. The van der Waals surface area contributed by atoms with E-state index in [9.17, 15) is 5.11 Å². The molecule has 0 fully saturated rings. The van der Waals surface area contributed by atoms with Gasteiger partial charge in [0.2, 0.25) is 0 Å². The van der Waals surface area contributed by atoms with Crippen LogP contribution in [0, 0.1) is 13.8 Å². The first kappa shape index (κ1) is 20.4. The van der Waals surface area contributed by atoms with Gasteiger partial charge in [-0.05, 0) is 42.7 Å². The highest BCUT2D eigenvalue weighted by molar-refractivity contribution is 7.98. The number of hydrogen-bond acceptors (Lipinski definition) is 2. The highest BCUT2D eigenvalue weighted by atomic mass is 32.2. The van der Waals surface area contributed by atoms with Gasteiger partial charge in [0.1, 0.15) is 5.75 Å². The van der Waals surface area contributed by atoms with Crippen molar-refractivity contribution in [3.63, 3.8) is 0 Å². The van der Waals surface area contributed by atoms with Crippen LogP contribution in [-0.4, -0.2) is 10.9 Å². The van der Waals surface area contributed by atoms with Gasteiger partial charge in [-0.15, -0.1) is 0 Å². The molecular formula is C21H36OS. The zero-order valence-electron chi connectivity index (χ0n) is 15.5. The molecule has 1 aromatic rings. The maximum Gasteiger partial charge on any atom is 0.121 e. The van der Waals surface area contributed by atoms with Crippen molar-refractivity contribution in [3.8, 4) is 5.75 Å². The fourth-order valence-corrected chi connectivity index (χ4v) is 3.97. The molecule has 0 atom stereocenters. The van der Waals surface area contributed by atoms with E-state index >= 15 is 0 Å². The van der Waals surface area contributed by atoms with E-state index in [0.717, 1.165) is 16.9 Å². The highest BCUT2D eigenvalue weighted by Gasteiger charge is 2.03. The van der Waals surface area contributed by atoms with E-state index in [-0.39, 0.29) is 0 Å². The Kier molecular flexibility index (Phi) is 11.3. The average Bonchev–Trinajstić information content (AvgIpc) is 2.53. The van der Waals surface area contributed by atoms with Gasteiger partial charge in [-0.25, -0.2) is 0 Å². The molecule has 23 heavy (non-hydrogen) atoms. The van der Waals surface area contributed by atoms with Crippen molar-refractivity contribution in [1.29, 1.82) is 0 Å². The fraction of sp³-hybridized carbons (Fsp3) is 0.714. The van der Waals surface area contributed by atoms with Crippen molar-refractivity contribution in [3.05, 3.63) is 28.8 Å². The lowest BCUT2D eigenvalue weighted by molar-refractivity contribution is 0.466. The van der Waals surface area contributed by atoms with Gasteiger partial charge in [0.15, 0.2) is 0 Å². The molecule has 0 radical (unpaired) electrons. The molecule has 0 bridgehead atoms. The van der Waals surface area contributed by atoms with Gasteiger partial charge in [0.25, 0.3) is 0 Å². The summed E-state index contributed by atoms with van der Waals surface area (Å²) in [5.41, 5.74) is 3.34. The number of phenols is 1. The molecule has 0 aliphatic heterocycles. The van der Waals surface area contributed by atoms with Crippen LogP contribution in [0.3, 0.4) is 0 Å². The van der Waals surface area contributed by atoms with Crippen LogP contribution in [0.15, 0.2) is 12.1 Å². The lowest BCUT2D eigenvalue weighted by Crippen LogP contribution is -1.89. The average molecular weight is 337 g/mol. The van der Waals surface area contributed by atoms with Crippen molar-refractivity contribution in [2.75, 3.05) is 5.75 Å². The Labute approximate surface area is 148 Å². The van der Waals surface area contributed by atoms with Gasteiger partial charge >= 0.3 is 0 Å². The fourth-order valence-electron chi connectivity index (χ4n) is 3.01. The molecular weight excluding hydrogens is 300 g/mol. The Balaban J connectivity index is 1.96. The zero-order chi connectivity index (χ0) is 16.9. The molecule has 0 aliphatic rings.